The molecule has 4 nitrogen and oxygen atoms in total. The molecule has 26 heavy (non-hydrogen) atoms. The van der Waals surface area contributed by atoms with Crippen LogP contribution in [0.5, 0.6) is 0 Å². The number of nitrogens with one attached hydrogen (secondary N) is 1. The summed E-state index contributed by atoms with van der Waals surface area (Å²) in [5, 5.41) is 2.71. The van der Waals surface area contributed by atoms with Crippen LogP contribution < -0.4 is 5.32 Å². The number of hydrogen-bond donors (Lipinski definition) is 1. The van der Waals surface area contributed by atoms with Gasteiger partial charge in [0.25, 0.3) is 0 Å². The Hall–Kier alpha value is -2.76. The summed E-state index contributed by atoms with van der Waals surface area (Å²) in [7, 11) is 0. The second kappa shape index (κ2) is 7.64. The minimum Gasteiger partial charge on any atom is -0.350 e. The van der Waals surface area contributed by atoms with Crippen LogP contribution in [0.1, 0.15) is 36.1 Å². The van der Waals surface area contributed by atoms with E-state index in [4.69, 9.17) is 0 Å². The summed E-state index contributed by atoms with van der Waals surface area (Å²) in [5.41, 5.74) is 1.96. The molecule has 1 aliphatic rings. The number of carbonyl (C=O) groups excluding carboxylic acids is 2. The molecule has 2 amide bonds. The molecule has 0 aliphatic carbocycles. The van der Waals surface area contributed by atoms with E-state index in [9.17, 15) is 18.4 Å². The Morgan fingerprint density at radius 1 is 1.19 bits per heavy atom. The van der Waals surface area contributed by atoms with Gasteiger partial charge in [0, 0.05) is 19.2 Å². The Morgan fingerprint density at radius 2 is 1.88 bits per heavy atom. The van der Waals surface area contributed by atoms with Crippen LogP contribution >= 0.6 is 0 Å². The highest BCUT2D eigenvalue weighted by atomic mass is 19.1. The zero-order valence-corrected chi connectivity index (χ0v) is 14.5. The van der Waals surface area contributed by atoms with Crippen molar-refractivity contribution in [3.63, 3.8) is 0 Å². The van der Waals surface area contributed by atoms with Gasteiger partial charge in [0.15, 0.2) is 0 Å². The second-order valence-electron chi connectivity index (χ2n) is 6.36. The van der Waals surface area contributed by atoms with Crippen LogP contribution in [-0.4, -0.2) is 23.3 Å². The standard InChI is InChI=1S/C20H20F2N2O2/c1-2-7-24-18(25)10-14-5-3-4-6-17(14)19(24)20(26)23-12-13-8-15(21)11-16(22)9-13/h3-6,8-9,11,19H,2,7,10,12H2,1H3,(H,23,26)/t19-/m1/s1. The van der Waals surface area contributed by atoms with Crippen LogP contribution in [0.15, 0.2) is 42.5 Å². The van der Waals surface area contributed by atoms with Crippen molar-refractivity contribution in [1.82, 2.24) is 10.2 Å². The number of halogens is 2. The van der Waals surface area contributed by atoms with Crippen molar-refractivity contribution >= 4 is 11.8 Å². The molecule has 0 unspecified atom stereocenters. The van der Waals surface area contributed by atoms with E-state index in [0.717, 1.165) is 23.6 Å². The fourth-order valence-electron chi connectivity index (χ4n) is 3.31. The summed E-state index contributed by atoms with van der Waals surface area (Å²) in [6.07, 6.45) is 1.00. The molecule has 0 spiro atoms. The molecular formula is C20H20F2N2O2. The van der Waals surface area contributed by atoms with Crippen LogP contribution in [0.3, 0.4) is 0 Å². The summed E-state index contributed by atoms with van der Waals surface area (Å²) in [6, 6.07) is 9.76. The average molecular weight is 358 g/mol. The number of hydrogen-bond acceptors (Lipinski definition) is 2. The van der Waals surface area contributed by atoms with E-state index in [0.29, 0.717) is 12.1 Å². The van der Waals surface area contributed by atoms with Crippen LogP contribution in [0, 0.1) is 11.6 Å². The van der Waals surface area contributed by atoms with Crippen LogP contribution in [0.25, 0.3) is 0 Å². The van der Waals surface area contributed by atoms with Crippen LogP contribution in [0.4, 0.5) is 8.78 Å². The summed E-state index contributed by atoms with van der Waals surface area (Å²) in [5.74, 6) is -1.84. The van der Waals surface area contributed by atoms with Gasteiger partial charge in [0.05, 0.1) is 6.42 Å². The molecule has 0 radical (unpaired) electrons. The fourth-order valence-corrected chi connectivity index (χ4v) is 3.31. The maximum atomic E-state index is 13.3. The molecule has 2 aromatic carbocycles. The first-order valence-corrected chi connectivity index (χ1v) is 8.59. The Morgan fingerprint density at radius 3 is 2.58 bits per heavy atom. The van der Waals surface area contributed by atoms with Gasteiger partial charge in [0.2, 0.25) is 11.8 Å². The van der Waals surface area contributed by atoms with E-state index in [1.807, 2.05) is 31.2 Å². The van der Waals surface area contributed by atoms with E-state index in [2.05, 4.69) is 5.32 Å². The molecule has 0 saturated heterocycles. The third-order valence-corrected chi connectivity index (χ3v) is 4.43. The molecule has 0 aromatic heterocycles. The zero-order valence-electron chi connectivity index (χ0n) is 14.5. The number of benzene rings is 2. The first-order chi connectivity index (χ1) is 12.5. The Balaban J connectivity index is 1.84. The van der Waals surface area contributed by atoms with Crippen molar-refractivity contribution in [2.24, 2.45) is 0 Å². The largest absolute Gasteiger partial charge is 0.350 e. The average Bonchev–Trinajstić information content (AvgIpc) is 2.59. The van der Waals surface area contributed by atoms with Gasteiger partial charge in [-0.2, -0.15) is 0 Å². The predicted molar refractivity (Wildman–Crippen MR) is 93.1 cm³/mol. The van der Waals surface area contributed by atoms with Crippen LogP contribution in [-0.2, 0) is 22.6 Å². The first-order valence-electron chi connectivity index (χ1n) is 8.59. The molecule has 1 N–H and O–H groups in total. The maximum absolute atomic E-state index is 13.3. The molecular weight excluding hydrogens is 338 g/mol. The lowest BCUT2D eigenvalue weighted by atomic mass is 9.91. The van der Waals surface area contributed by atoms with E-state index in [1.165, 1.54) is 12.1 Å². The second-order valence-corrected chi connectivity index (χ2v) is 6.36. The van der Waals surface area contributed by atoms with E-state index in [1.54, 1.807) is 4.90 Å². The molecule has 3 rings (SSSR count). The smallest absolute Gasteiger partial charge is 0.247 e. The molecule has 0 saturated carbocycles. The summed E-state index contributed by atoms with van der Waals surface area (Å²) >= 11 is 0. The predicted octanol–water partition coefficient (Wildman–Crippen LogP) is 3.12. The number of carbonyl (C=O) groups is 2. The van der Waals surface area contributed by atoms with Gasteiger partial charge in [-0.1, -0.05) is 31.2 Å². The van der Waals surface area contributed by atoms with Crippen molar-refractivity contribution in [2.75, 3.05) is 6.54 Å². The lowest BCUT2D eigenvalue weighted by molar-refractivity contribution is -0.141. The van der Waals surface area contributed by atoms with Crippen molar-refractivity contribution in [3.05, 3.63) is 70.8 Å². The number of rotatable bonds is 5. The minimum atomic E-state index is -0.731. The van der Waals surface area contributed by atoms with Crippen molar-refractivity contribution < 1.29 is 18.4 Å². The van der Waals surface area contributed by atoms with Crippen molar-refractivity contribution in [1.29, 1.82) is 0 Å². The quantitative estimate of drug-likeness (QED) is 0.893. The summed E-state index contributed by atoms with van der Waals surface area (Å²) in [4.78, 5) is 26.9. The van der Waals surface area contributed by atoms with E-state index < -0.39 is 17.7 Å². The SMILES string of the molecule is CCCN1C(=O)Cc2ccccc2[C@@H]1C(=O)NCc1cc(F)cc(F)c1. The Bertz CT molecular complexity index is 818. The van der Waals surface area contributed by atoms with Crippen molar-refractivity contribution in [3.8, 4) is 0 Å². The highest BCUT2D eigenvalue weighted by Gasteiger charge is 2.36. The summed E-state index contributed by atoms with van der Waals surface area (Å²) < 4.78 is 26.6. The van der Waals surface area contributed by atoms with Gasteiger partial charge in [-0.15, -0.1) is 0 Å². The summed E-state index contributed by atoms with van der Waals surface area (Å²) in [6.45, 7) is 2.40. The van der Waals surface area contributed by atoms with Crippen molar-refractivity contribution in [2.45, 2.75) is 32.4 Å². The van der Waals surface area contributed by atoms with E-state index in [-0.39, 0.29) is 24.8 Å². The van der Waals surface area contributed by atoms with Gasteiger partial charge >= 0.3 is 0 Å². The zero-order chi connectivity index (χ0) is 18.7. The van der Waals surface area contributed by atoms with Gasteiger partial charge in [0.1, 0.15) is 17.7 Å². The first kappa shape index (κ1) is 18.0. The Labute approximate surface area is 150 Å². The van der Waals surface area contributed by atoms with Gasteiger partial charge in [-0.3, -0.25) is 9.59 Å². The van der Waals surface area contributed by atoms with Crippen LogP contribution in [0.2, 0.25) is 0 Å². The molecule has 0 bridgehead atoms. The highest BCUT2D eigenvalue weighted by Crippen LogP contribution is 2.30. The molecule has 6 heteroatoms. The lowest BCUT2D eigenvalue weighted by Gasteiger charge is -2.36. The van der Waals surface area contributed by atoms with Gasteiger partial charge < -0.3 is 10.2 Å². The molecule has 136 valence electrons. The van der Waals surface area contributed by atoms with Gasteiger partial charge in [-0.25, -0.2) is 8.78 Å². The molecule has 1 aliphatic heterocycles. The molecule has 2 aromatic rings. The minimum absolute atomic E-state index is 0.0136. The number of fused-ring (bicyclic) bond motifs is 1. The lowest BCUT2D eigenvalue weighted by Crippen LogP contribution is -2.47. The van der Waals surface area contributed by atoms with Gasteiger partial charge in [-0.05, 0) is 35.2 Å². The molecule has 1 atom stereocenters. The topological polar surface area (TPSA) is 49.4 Å². The molecule has 0 fully saturated rings. The normalized spacial score (nSPS) is 16.3. The fraction of sp³-hybridized carbons (Fsp3) is 0.300. The highest BCUT2D eigenvalue weighted by molar-refractivity contribution is 5.92. The third-order valence-electron chi connectivity index (χ3n) is 4.43. The van der Waals surface area contributed by atoms with E-state index >= 15 is 0 Å². The maximum Gasteiger partial charge on any atom is 0.247 e. The number of amides is 2. The molecule has 1 heterocycles. The number of nitrogens with zero attached hydrogens (tertiary/aromatic N) is 1. The third kappa shape index (κ3) is 3.74. The monoisotopic (exact) mass is 358 g/mol. The Kier molecular flexibility index (Phi) is 5.30.